The maximum Gasteiger partial charge on any atom is 0.237 e. The van der Waals surface area contributed by atoms with Crippen LogP contribution in [0.3, 0.4) is 0 Å². The summed E-state index contributed by atoms with van der Waals surface area (Å²) < 4.78 is 0. The summed E-state index contributed by atoms with van der Waals surface area (Å²) in [5, 5.41) is 4.03. The van der Waals surface area contributed by atoms with Gasteiger partial charge in [0.15, 0.2) is 0 Å². The second kappa shape index (κ2) is 7.91. The van der Waals surface area contributed by atoms with E-state index >= 15 is 0 Å². The summed E-state index contributed by atoms with van der Waals surface area (Å²) in [6, 6.07) is 8.01. The fourth-order valence-corrected chi connectivity index (χ4v) is 3.26. The van der Waals surface area contributed by atoms with Crippen LogP contribution >= 0.6 is 23.4 Å². The van der Waals surface area contributed by atoms with E-state index in [4.69, 9.17) is 17.3 Å². The third-order valence-corrected chi connectivity index (χ3v) is 4.67. The number of amides is 1. The van der Waals surface area contributed by atoms with Crippen molar-refractivity contribution in [3.05, 3.63) is 29.3 Å². The summed E-state index contributed by atoms with van der Waals surface area (Å²) >= 11 is 7.81. The Labute approximate surface area is 130 Å². The minimum atomic E-state index is -0.644. The molecular weight excluding hydrogens is 292 g/mol. The smallest absolute Gasteiger partial charge is 0.237 e. The van der Waals surface area contributed by atoms with E-state index in [-0.39, 0.29) is 11.9 Å². The number of hydrogen-bond donors (Lipinski definition) is 2. The Kier molecular flexibility index (Phi) is 6.86. The van der Waals surface area contributed by atoms with Gasteiger partial charge in [-0.25, -0.2) is 0 Å². The molecule has 0 aromatic heterocycles. The zero-order valence-electron chi connectivity index (χ0n) is 12.3. The Morgan fingerprint density at radius 1 is 1.45 bits per heavy atom. The normalized spacial score (nSPS) is 14.2. The molecule has 0 saturated carbocycles. The lowest BCUT2D eigenvalue weighted by molar-refractivity contribution is -0.124. The number of hydrogen-bond acceptors (Lipinski definition) is 3. The molecule has 1 aromatic carbocycles. The largest absolute Gasteiger partial charge is 0.368 e. The molecule has 1 amide bonds. The highest BCUT2D eigenvalue weighted by Crippen LogP contribution is 2.28. The van der Waals surface area contributed by atoms with Crippen LogP contribution in [0.25, 0.3) is 0 Å². The van der Waals surface area contributed by atoms with E-state index in [0.717, 1.165) is 28.5 Å². The average Bonchev–Trinajstić information content (AvgIpc) is 2.35. The van der Waals surface area contributed by atoms with Crippen molar-refractivity contribution in [3.63, 3.8) is 0 Å². The van der Waals surface area contributed by atoms with Gasteiger partial charge in [0.25, 0.3) is 0 Å². The van der Waals surface area contributed by atoms with Crippen molar-refractivity contribution in [2.45, 2.75) is 50.1 Å². The molecule has 0 fully saturated rings. The van der Waals surface area contributed by atoms with E-state index in [2.05, 4.69) is 5.32 Å². The lowest BCUT2D eigenvalue weighted by Crippen LogP contribution is -2.55. The first-order chi connectivity index (χ1) is 9.35. The van der Waals surface area contributed by atoms with Gasteiger partial charge in [-0.3, -0.25) is 4.79 Å². The quantitative estimate of drug-likeness (QED) is 0.571. The van der Waals surface area contributed by atoms with Crippen molar-refractivity contribution in [2.75, 3.05) is 5.75 Å². The topological polar surface area (TPSA) is 55.1 Å². The van der Waals surface area contributed by atoms with Crippen LogP contribution < -0.4 is 11.1 Å². The number of halogens is 1. The molecule has 20 heavy (non-hydrogen) atoms. The fourth-order valence-electron chi connectivity index (χ4n) is 2.07. The maximum atomic E-state index is 11.6. The number of nitrogens with two attached hydrogens (primary N) is 1. The van der Waals surface area contributed by atoms with Gasteiger partial charge in [-0.05, 0) is 51.5 Å². The van der Waals surface area contributed by atoms with Crippen molar-refractivity contribution in [3.8, 4) is 0 Å². The zero-order valence-corrected chi connectivity index (χ0v) is 13.9. The Morgan fingerprint density at radius 3 is 2.65 bits per heavy atom. The molecule has 112 valence electrons. The second-order valence-electron chi connectivity index (χ2n) is 5.38. The molecule has 0 aliphatic carbocycles. The summed E-state index contributed by atoms with van der Waals surface area (Å²) in [5.41, 5.74) is 4.86. The molecule has 5 heteroatoms. The Bertz CT molecular complexity index is 453. The Morgan fingerprint density at radius 2 is 2.10 bits per heavy atom. The first-order valence-electron chi connectivity index (χ1n) is 6.80. The molecule has 0 bridgehead atoms. The highest BCUT2D eigenvalue weighted by Gasteiger charge is 2.30. The number of thioether (sulfide) groups is 1. The van der Waals surface area contributed by atoms with Gasteiger partial charge in [0.1, 0.15) is 0 Å². The van der Waals surface area contributed by atoms with E-state index in [0.29, 0.717) is 0 Å². The number of primary amides is 1. The van der Waals surface area contributed by atoms with Gasteiger partial charge in [0.05, 0.1) is 10.6 Å². The minimum absolute atomic E-state index is 0.226. The summed E-state index contributed by atoms with van der Waals surface area (Å²) in [7, 11) is 0. The molecule has 0 heterocycles. The maximum absolute atomic E-state index is 11.6. The molecule has 0 spiro atoms. The van der Waals surface area contributed by atoms with Crippen molar-refractivity contribution in [1.82, 2.24) is 5.32 Å². The third-order valence-electron chi connectivity index (χ3n) is 3.07. The first-order valence-corrected chi connectivity index (χ1v) is 8.16. The van der Waals surface area contributed by atoms with Crippen LogP contribution in [-0.4, -0.2) is 23.2 Å². The molecule has 0 aliphatic rings. The number of rotatable bonds is 8. The van der Waals surface area contributed by atoms with Crippen LogP contribution in [0, 0.1) is 0 Å². The number of carbonyl (C=O) groups is 1. The van der Waals surface area contributed by atoms with Gasteiger partial charge in [-0.1, -0.05) is 23.7 Å². The van der Waals surface area contributed by atoms with E-state index in [1.54, 1.807) is 11.8 Å². The molecule has 1 rings (SSSR count). The molecular formula is C15H23ClN2OS. The summed E-state index contributed by atoms with van der Waals surface area (Å²) in [4.78, 5) is 12.7. The number of nitrogens with one attached hydrogen (secondary N) is 1. The van der Waals surface area contributed by atoms with Crippen LogP contribution in [-0.2, 0) is 4.79 Å². The van der Waals surface area contributed by atoms with Crippen LogP contribution in [0.1, 0.15) is 33.6 Å². The first kappa shape index (κ1) is 17.3. The summed E-state index contributed by atoms with van der Waals surface area (Å²) in [6.07, 6.45) is 1.62. The van der Waals surface area contributed by atoms with Crippen LogP contribution in [0.2, 0.25) is 5.02 Å². The number of carbonyl (C=O) groups excluding carboxylic acids is 1. The molecule has 0 aliphatic heterocycles. The molecule has 3 nitrogen and oxygen atoms in total. The third kappa shape index (κ3) is 5.35. The van der Waals surface area contributed by atoms with Gasteiger partial charge in [-0.15, -0.1) is 11.8 Å². The van der Waals surface area contributed by atoms with Crippen LogP contribution in [0.5, 0.6) is 0 Å². The zero-order chi connectivity index (χ0) is 15.2. The number of benzene rings is 1. The van der Waals surface area contributed by atoms with Crippen LogP contribution in [0.15, 0.2) is 29.2 Å². The minimum Gasteiger partial charge on any atom is -0.368 e. The molecule has 0 radical (unpaired) electrons. The van der Waals surface area contributed by atoms with Gasteiger partial charge >= 0.3 is 0 Å². The van der Waals surface area contributed by atoms with Gasteiger partial charge in [0.2, 0.25) is 5.91 Å². The fraction of sp³-hybridized carbons (Fsp3) is 0.533. The monoisotopic (exact) mass is 314 g/mol. The van der Waals surface area contributed by atoms with Crippen molar-refractivity contribution >= 4 is 29.3 Å². The van der Waals surface area contributed by atoms with E-state index in [9.17, 15) is 4.79 Å². The SMILES string of the molecule is CC(C)NC(C)(CCCSc1ccccc1Cl)C(N)=O. The average molecular weight is 315 g/mol. The van der Waals surface area contributed by atoms with Crippen molar-refractivity contribution in [2.24, 2.45) is 5.73 Å². The highest BCUT2D eigenvalue weighted by atomic mass is 35.5. The van der Waals surface area contributed by atoms with E-state index in [1.165, 1.54) is 0 Å². The van der Waals surface area contributed by atoms with E-state index < -0.39 is 5.54 Å². The van der Waals surface area contributed by atoms with Crippen molar-refractivity contribution < 1.29 is 4.79 Å². The summed E-state index contributed by atoms with van der Waals surface area (Å²) in [5.74, 6) is 0.612. The van der Waals surface area contributed by atoms with Gasteiger partial charge in [0, 0.05) is 10.9 Å². The lowest BCUT2D eigenvalue weighted by Gasteiger charge is -2.29. The van der Waals surface area contributed by atoms with E-state index in [1.807, 2.05) is 45.0 Å². The molecule has 0 saturated heterocycles. The second-order valence-corrected chi connectivity index (χ2v) is 6.92. The Hall–Kier alpha value is -0.710. The summed E-state index contributed by atoms with van der Waals surface area (Å²) in [6.45, 7) is 5.90. The molecule has 1 aromatic rings. The predicted molar refractivity (Wildman–Crippen MR) is 87.3 cm³/mol. The highest BCUT2D eigenvalue weighted by molar-refractivity contribution is 7.99. The standard InChI is InChI=1S/C15H23ClN2OS/c1-11(2)18-15(3,14(17)19)9-6-10-20-13-8-5-4-7-12(13)16/h4-5,7-8,11,18H,6,9-10H2,1-3H3,(H2,17,19). The molecule has 3 N–H and O–H groups in total. The lowest BCUT2D eigenvalue weighted by atomic mass is 9.94. The van der Waals surface area contributed by atoms with Gasteiger partial charge in [-0.2, -0.15) is 0 Å². The molecule has 1 unspecified atom stereocenters. The van der Waals surface area contributed by atoms with Crippen molar-refractivity contribution in [1.29, 1.82) is 0 Å². The van der Waals surface area contributed by atoms with Gasteiger partial charge < -0.3 is 11.1 Å². The Balaban J connectivity index is 2.46. The molecule has 1 atom stereocenters. The van der Waals surface area contributed by atoms with Crippen LogP contribution in [0.4, 0.5) is 0 Å². The predicted octanol–water partition coefficient (Wildman–Crippen LogP) is 3.45.